The van der Waals surface area contributed by atoms with E-state index in [9.17, 15) is 4.79 Å². The second-order valence-electron chi connectivity index (χ2n) is 4.14. The highest BCUT2D eigenvalue weighted by molar-refractivity contribution is 5.76. The molecule has 0 atom stereocenters. The zero-order chi connectivity index (χ0) is 13.1. The molecule has 0 aliphatic carbocycles. The summed E-state index contributed by atoms with van der Waals surface area (Å²) in [6.07, 6.45) is 2.52. The number of carbonyl (C=O) groups is 1. The van der Waals surface area contributed by atoms with Gasteiger partial charge < -0.3 is 4.42 Å². The van der Waals surface area contributed by atoms with Crippen molar-refractivity contribution in [2.24, 2.45) is 0 Å². The normalized spacial score (nSPS) is 10.3. The van der Waals surface area contributed by atoms with Crippen LogP contribution in [0.15, 0.2) is 65.2 Å². The van der Waals surface area contributed by atoms with Crippen molar-refractivity contribution in [1.29, 1.82) is 0 Å². The summed E-state index contributed by atoms with van der Waals surface area (Å²) in [7, 11) is 0. The number of benzene rings is 2. The second-order valence-corrected chi connectivity index (χ2v) is 4.14. The summed E-state index contributed by atoms with van der Waals surface area (Å²) < 4.78 is 5.73. The maximum atomic E-state index is 10.6. The number of aromatic nitrogens is 1. The van der Waals surface area contributed by atoms with E-state index in [1.54, 1.807) is 18.3 Å². The van der Waals surface area contributed by atoms with Crippen LogP contribution >= 0.6 is 0 Å². The maximum absolute atomic E-state index is 10.6. The summed E-state index contributed by atoms with van der Waals surface area (Å²) in [5, 5.41) is 0. The number of hydrogen-bond donors (Lipinski definition) is 0. The molecule has 0 saturated heterocycles. The number of aldehydes is 1. The lowest BCUT2D eigenvalue weighted by molar-refractivity contribution is 0.112. The molecule has 3 nitrogen and oxygen atoms in total. The van der Waals surface area contributed by atoms with Crippen molar-refractivity contribution in [2.75, 3.05) is 0 Å². The van der Waals surface area contributed by atoms with Crippen LogP contribution < -0.4 is 0 Å². The molecule has 0 N–H and O–H groups in total. The highest BCUT2D eigenvalue weighted by Crippen LogP contribution is 2.25. The summed E-state index contributed by atoms with van der Waals surface area (Å²) >= 11 is 0. The van der Waals surface area contributed by atoms with Crippen LogP contribution in [-0.2, 0) is 0 Å². The zero-order valence-electron chi connectivity index (χ0n) is 10.1. The summed E-state index contributed by atoms with van der Waals surface area (Å²) in [6.45, 7) is 0. The Morgan fingerprint density at radius 2 is 1.63 bits per heavy atom. The Morgan fingerprint density at radius 3 is 2.32 bits per heavy atom. The average Bonchev–Trinajstić information content (AvgIpc) is 2.98. The van der Waals surface area contributed by atoms with Crippen LogP contribution in [0.3, 0.4) is 0 Å². The fourth-order valence-electron chi connectivity index (χ4n) is 1.85. The molecule has 2 aromatic carbocycles. The van der Waals surface area contributed by atoms with Gasteiger partial charge in [-0.25, -0.2) is 4.98 Å². The van der Waals surface area contributed by atoms with Crippen LogP contribution in [0.5, 0.6) is 0 Å². The van der Waals surface area contributed by atoms with E-state index in [0.29, 0.717) is 11.5 Å². The molecule has 0 spiro atoms. The number of rotatable bonds is 3. The van der Waals surface area contributed by atoms with Crippen molar-refractivity contribution >= 4 is 6.29 Å². The highest BCUT2D eigenvalue weighted by Gasteiger charge is 2.07. The Labute approximate surface area is 110 Å². The molecule has 3 heteroatoms. The smallest absolute Gasteiger partial charge is 0.226 e. The molecule has 1 heterocycles. The molecule has 3 rings (SSSR count). The van der Waals surface area contributed by atoms with E-state index in [-0.39, 0.29) is 0 Å². The molecule has 0 aliphatic rings. The Morgan fingerprint density at radius 1 is 0.895 bits per heavy atom. The third-order valence-corrected chi connectivity index (χ3v) is 2.86. The van der Waals surface area contributed by atoms with Gasteiger partial charge in [-0.05, 0) is 12.1 Å². The minimum atomic E-state index is 0.552. The molecule has 0 saturated carbocycles. The first-order valence-electron chi connectivity index (χ1n) is 5.94. The lowest BCUT2D eigenvalue weighted by Gasteiger charge is -1.97. The maximum Gasteiger partial charge on any atom is 0.226 e. The first kappa shape index (κ1) is 11.4. The molecule has 0 fully saturated rings. The fourth-order valence-corrected chi connectivity index (χ4v) is 1.85. The van der Waals surface area contributed by atoms with Crippen molar-refractivity contribution in [3.63, 3.8) is 0 Å². The first-order chi connectivity index (χ1) is 9.36. The van der Waals surface area contributed by atoms with Crippen LogP contribution in [0.1, 0.15) is 10.4 Å². The minimum absolute atomic E-state index is 0.552. The van der Waals surface area contributed by atoms with E-state index in [1.807, 2.05) is 42.5 Å². The van der Waals surface area contributed by atoms with Crippen LogP contribution in [0.2, 0.25) is 0 Å². The van der Waals surface area contributed by atoms with Gasteiger partial charge in [0.15, 0.2) is 5.76 Å². The third-order valence-electron chi connectivity index (χ3n) is 2.86. The minimum Gasteiger partial charge on any atom is -0.436 e. The largest absolute Gasteiger partial charge is 0.436 e. The van der Waals surface area contributed by atoms with Gasteiger partial charge in [-0.1, -0.05) is 42.5 Å². The van der Waals surface area contributed by atoms with Gasteiger partial charge in [0.25, 0.3) is 0 Å². The van der Waals surface area contributed by atoms with E-state index < -0.39 is 0 Å². The molecule has 0 aliphatic heterocycles. The molecule has 92 valence electrons. The van der Waals surface area contributed by atoms with Crippen LogP contribution in [0, 0.1) is 0 Å². The van der Waals surface area contributed by atoms with Gasteiger partial charge in [0.2, 0.25) is 5.89 Å². The van der Waals surface area contributed by atoms with Gasteiger partial charge in [0.05, 0.1) is 6.20 Å². The molecule has 19 heavy (non-hydrogen) atoms. The van der Waals surface area contributed by atoms with Crippen molar-refractivity contribution in [2.45, 2.75) is 0 Å². The summed E-state index contributed by atoms with van der Waals surface area (Å²) in [5.74, 6) is 1.28. The predicted octanol–water partition coefficient (Wildman–Crippen LogP) is 3.82. The topological polar surface area (TPSA) is 43.1 Å². The van der Waals surface area contributed by atoms with Crippen LogP contribution in [0.4, 0.5) is 0 Å². The Kier molecular flexibility index (Phi) is 2.94. The van der Waals surface area contributed by atoms with E-state index >= 15 is 0 Å². The number of oxazole rings is 1. The number of nitrogens with zero attached hydrogens (tertiary/aromatic N) is 1. The van der Waals surface area contributed by atoms with E-state index in [2.05, 4.69) is 4.98 Å². The Bertz CT molecular complexity index is 684. The molecule has 0 bridgehead atoms. The zero-order valence-corrected chi connectivity index (χ0v) is 10.1. The van der Waals surface area contributed by atoms with E-state index in [1.165, 1.54) is 0 Å². The summed E-state index contributed by atoms with van der Waals surface area (Å²) in [4.78, 5) is 14.9. The van der Waals surface area contributed by atoms with E-state index in [4.69, 9.17) is 4.42 Å². The van der Waals surface area contributed by atoms with Crippen LogP contribution in [-0.4, -0.2) is 11.3 Å². The van der Waals surface area contributed by atoms with Gasteiger partial charge in [-0.15, -0.1) is 0 Å². The van der Waals surface area contributed by atoms with Crippen molar-refractivity contribution < 1.29 is 9.21 Å². The predicted molar refractivity (Wildman–Crippen MR) is 72.8 cm³/mol. The van der Waals surface area contributed by atoms with Gasteiger partial charge in [0, 0.05) is 16.7 Å². The van der Waals surface area contributed by atoms with E-state index in [0.717, 1.165) is 23.2 Å². The third kappa shape index (κ3) is 2.31. The second kappa shape index (κ2) is 4.90. The summed E-state index contributed by atoms with van der Waals surface area (Å²) in [5.41, 5.74) is 2.48. The Hall–Kier alpha value is -2.68. The lowest BCUT2D eigenvalue weighted by Crippen LogP contribution is -1.80. The van der Waals surface area contributed by atoms with Crippen molar-refractivity contribution in [1.82, 2.24) is 4.98 Å². The van der Waals surface area contributed by atoms with Crippen LogP contribution in [0.25, 0.3) is 22.8 Å². The van der Waals surface area contributed by atoms with Gasteiger partial charge in [-0.3, -0.25) is 4.79 Å². The first-order valence-corrected chi connectivity index (χ1v) is 5.94. The molecule has 0 unspecified atom stereocenters. The quantitative estimate of drug-likeness (QED) is 0.663. The lowest BCUT2D eigenvalue weighted by atomic mass is 10.1. The van der Waals surface area contributed by atoms with Crippen molar-refractivity contribution in [3.8, 4) is 22.8 Å². The molecular weight excluding hydrogens is 238 g/mol. The van der Waals surface area contributed by atoms with Crippen molar-refractivity contribution in [3.05, 3.63) is 66.4 Å². The SMILES string of the molecule is O=Cc1ccc(-c2ncc(-c3ccccc3)o2)cc1. The highest BCUT2D eigenvalue weighted by atomic mass is 16.4. The monoisotopic (exact) mass is 249 g/mol. The molecule has 0 amide bonds. The Balaban J connectivity index is 1.94. The number of hydrogen-bond acceptors (Lipinski definition) is 3. The summed E-state index contributed by atoms with van der Waals surface area (Å²) in [6, 6.07) is 16.9. The van der Waals surface area contributed by atoms with Gasteiger partial charge in [-0.2, -0.15) is 0 Å². The standard InChI is InChI=1S/C16H11NO2/c18-11-12-6-8-14(9-7-12)16-17-10-15(19-16)13-4-2-1-3-5-13/h1-11H. The molecule has 0 radical (unpaired) electrons. The average molecular weight is 249 g/mol. The van der Waals surface area contributed by atoms with Gasteiger partial charge >= 0.3 is 0 Å². The molecular formula is C16H11NO2. The molecule has 1 aromatic heterocycles. The molecule has 3 aromatic rings. The fraction of sp³-hybridized carbons (Fsp3) is 0. The van der Waals surface area contributed by atoms with Gasteiger partial charge in [0.1, 0.15) is 6.29 Å². The number of carbonyl (C=O) groups excluding carboxylic acids is 1.